The third-order valence-corrected chi connectivity index (χ3v) is 3.60. The van der Waals surface area contributed by atoms with Crippen LogP contribution in [0.2, 0.25) is 5.02 Å². The number of nitrogens with one attached hydrogen (secondary N) is 1. The van der Waals surface area contributed by atoms with E-state index in [2.05, 4.69) is 21.2 Å². The number of phenols is 2. The lowest BCUT2D eigenvalue weighted by molar-refractivity contribution is 0.451. The molecule has 0 spiro atoms. The molecule has 3 nitrogen and oxygen atoms in total. The lowest BCUT2D eigenvalue weighted by atomic mass is 10.1. The zero-order valence-corrected chi connectivity index (χ0v) is 12.5. The fourth-order valence-electron chi connectivity index (χ4n) is 1.81. The highest BCUT2D eigenvalue weighted by Gasteiger charge is 2.12. The molecular weight excluding hydrogens is 330 g/mol. The number of rotatable bonds is 3. The molecule has 0 aliphatic rings. The predicted octanol–water partition coefficient (Wildman–Crippen LogP) is 4.69. The van der Waals surface area contributed by atoms with Gasteiger partial charge in [-0.3, -0.25) is 0 Å². The monoisotopic (exact) mass is 341 g/mol. The maximum atomic E-state index is 9.81. The van der Waals surface area contributed by atoms with Crippen LogP contribution in [0.5, 0.6) is 11.5 Å². The molecule has 2 rings (SSSR count). The van der Waals surface area contributed by atoms with Crippen molar-refractivity contribution < 1.29 is 10.2 Å². The van der Waals surface area contributed by atoms with Crippen molar-refractivity contribution >= 4 is 33.2 Å². The Kier molecular flexibility index (Phi) is 4.22. The topological polar surface area (TPSA) is 52.5 Å². The van der Waals surface area contributed by atoms with Crippen molar-refractivity contribution in [2.75, 3.05) is 5.32 Å². The highest BCUT2D eigenvalue weighted by atomic mass is 79.9. The number of hydrogen-bond donors (Lipinski definition) is 3. The highest BCUT2D eigenvalue weighted by Crippen LogP contribution is 2.33. The molecule has 0 saturated heterocycles. The second-order valence-corrected chi connectivity index (χ2v) is 5.56. The quantitative estimate of drug-likeness (QED) is 0.709. The van der Waals surface area contributed by atoms with Gasteiger partial charge in [0, 0.05) is 10.0 Å². The van der Waals surface area contributed by atoms with Gasteiger partial charge in [-0.25, -0.2) is 0 Å². The average molecular weight is 343 g/mol. The molecule has 19 heavy (non-hydrogen) atoms. The molecule has 1 unspecified atom stereocenters. The zero-order chi connectivity index (χ0) is 14.0. The van der Waals surface area contributed by atoms with Gasteiger partial charge in [0.2, 0.25) is 0 Å². The van der Waals surface area contributed by atoms with Gasteiger partial charge in [-0.1, -0.05) is 27.5 Å². The Hall–Kier alpha value is -1.39. The minimum atomic E-state index is -0.195. The van der Waals surface area contributed by atoms with E-state index in [4.69, 9.17) is 11.6 Å². The van der Waals surface area contributed by atoms with Crippen LogP contribution in [0.15, 0.2) is 40.9 Å². The zero-order valence-electron chi connectivity index (χ0n) is 10.2. The lowest BCUT2D eigenvalue weighted by Crippen LogP contribution is -2.07. The molecule has 0 bridgehead atoms. The molecule has 0 aromatic heterocycles. The molecule has 0 saturated carbocycles. The summed E-state index contributed by atoms with van der Waals surface area (Å²) in [7, 11) is 0. The Balaban J connectivity index is 2.27. The summed E-state index contributed by atoms with van der Waals surface area (Å²) in [5.74, 6) is 0.241. The van der Waals surface area contributed by atoms with Crippen LogP contribution < -0.4 is 5.32 Å². The summed E-state index contributed by atoms with van der Waals surface area (Å²) in [5.41, 5.74) is 1.36. The fourth-order valence-corrected chi connectivity index (χ4v) is 2.34. The van der Waals surface area contributed by atoms with Crippen LogP contribution in [-0.2, 0) is 0 Å². The van der Waals surface area contributed by atoms with Crippen LogP contribution in [-0.4, -0.2) is 10.2 Å². The van der Waals surface area contributed by atoms with Crippen LogP contribution in [0.25, 0.3) is 0 Å². The first-order valence-corrected chi connectivity index (χ1v) is 6.88. The van der Waals surface area contributed by atoms with E-state index >= 15 is 0 Å². The molecule has 3 N–H and O–H groups in total. The van der Waals surface area contributed by atoms with Crippen molar-refractivity contribution in [2.24, 2.45) is 0 Å². The van der Waals surface area contributed by atoms with Crippen LogP contribution in [0.1, 0.15) is 18.5 Å². The Morgan fingerprint density at radius 3 is 2.63 bits per heavy atom. The van der Waals surface area contributed by atoms with Crippen molar-refractivity contribution in [3.05, 3.63) is 51.5 Å². The third kappa shape index (κ3) is 3.33. The van der Waals surface area contributed by atoms with Crippen molar-refractivity contribution in [2.45, 2.75) is 13.0 Å². The van der Waals surface area contributed by atoms with Gasteiger partial charge in [-0.05, 0) is 43.3 Å². The minimum absolute atomic E-state index is 0.113. The molecule has 2 aromatic carbocycles. The van der Waals surface area contributed by atoms with Gasteiger partial charge < -0.3 is 15.5 Å². The van der Waals surface area contributed by atoms with Crippen molar-refractivity contribution in [3.8, 4) is 11.5 Å². The first-order valence-electron chi connectivity index (χ1n) is 5.71. The van der Waals surface area contributed by atoms with Crippen molar-refractivity contribution in [1.29, 1.82) is 0 Å². The molecule has 0 aliphatic heterocycles. The number of phenolic OH excluding ortho intramolecular Hbond substituents is 2. The van der Waals surface area contributed by atoms with Gasteiger partial charge in [0.05, 0.1) is 16.8 Å². The normalized spacial score (nSPS) is 12.2. The van der Waals surface area contributed by atoms with Crippen LogP contribution >= 0.6 is 27.5 Å². The molecule has 2 aromatic rings. The van der Waals surface area contributed by atoms with E-state index in [0.717, 1.165) is 10.2 Å². The van der Waals surface area contributed by atoms with Crippen LogP contribution in [0.4, 0.5) is 5.69 Å². The first-order chi connectivity index (χ1) is 8.97. The van der Waals surface area contributed by atoms with Crippen LogP contribution in [0.3, 0.4) is 0 Å². The van der Waals surface area contributed by atoms with Gasteiger partial charge in [-0.15, -0.1) is 0 Å². The van der Waals surface area contributed by atoms with E-state index < -0.39 is 0 Å². The number of hydrogen-bond acceptors (Lipinski definition) is 3. The molecule has 100 valence electrons. The second kappa shape index (κ2) is 5.72. The largest absolute Gasteiger partial charge is 0.508 e. The summed E-state index contributed by atoms with van der Waals surface area (Å²) in [4.78, 5) is 0. The Bertz CT molecular complexity index is 604. The van der Waals surface area contributed by atoms with E-state index in [9.17, 15) is 10.2 Å². The number of halogens is 2. The maximum Gasteiger partial charge on any atom is 0.121 e. The molecule has 5 heteroatoms. The van der Waals surface area contributed by atoms with Crippen molar-refractivity contribution in [3.63, 3.8) is 0 Å². The van der Waals surface area contributed by atoms with E-state index in [1.165, 1.54) is 18.2 Å². The smallest absolute Gasteiger partial charge is 0.121 e. The molecule has 1 atom stereocenters. The SMILES string of the molecule is CC(Nc1cc(Br)ccc1Cl)c1cc(O)ccc1O. The molecule has 0 heterocycles. The predicted molar refractivity (Wildman–Crippen MR) is 81.0 cm³/mol. The molecule has 0 aliphatic carbocycles. The standard InChI is InChI=1S/C14H13BrClNO2/c1-8(11-7-10(18)3-5-14(11)19)17-13-6-9(15)2-4-12(13)16/h2-8,17-19H,1H3. The summed E-state index contributed by atoms with van der Waals surface area (Å²) in [6.07, 6.45) is 0. The number of benzene rings is 2. The molecule has 0 radical (unpaired) electrons. The Labute approximate surface area is 125 Å². The minimum Gasteiger partial charge on any atom is -0.508 e. The van der Waals surface area contributed by atoms with E-state index in [-0.39, 0.29) is 17.5 Å². The second-order valence-electron chi connectivity index (χ2n) is 4.23. The van der Waals surface area contributed by atoms with Gasteiger partial charge >= 0.3 is 0 Å². The summed E-state index contributed by atoms with van der Waals surface area (Å²) in [6, 6.07) is 9.73. The summed E-state index contributed by atoms with van der Waals surface area (Å²) in [6.45, 7) is 1.88. The summed E-state index contributed by atoms with van der Waals surface area (Å²) in [5, 5.41) is 23.1. The summed E-state index contributed by atoms with van der Waals surface area (Å²) < 4.78 is 0.909. The van der Waals surface area contributed by atoms with Gasteiger partial charge in [0.15, 0.2) is 0 Å². The van der Waals surface area contributed by atoms with E-state index in [1.807, 2.05) is 19.1 Å². The average Bonchev–Trinajstić information content (AvgIpc) is 2.36. The summed E-state index contributed by atoms with van der Waals surface area (Å²) >= 11 is 9.48. The fraction of sp³-hybridized carbons (Fsp3) is 0.143. The third-order valence-electron chi connectivity index (χ3n) is 2.78. The maximum absolute atomic E-state index is 9.81. The highest BCUT2D eigenvalue weighted by molar-refractivity contribution is 9.10. The molecule has 0 amide bonds. The van der Waals surface area contributed by atoms with Gasteiger partial charge in [0.1, 0.15) is 11.5 Å². The number of aromatic hydroxyl groups is 2. The molecular formula is C14H13BrClNO2. The lowest BCUT2D eigenvalue weighted by Gasteiger charge is -2.18. The van der Waals surface area contributed by atoms with Crippen molar-refractivity contribution in [1.82, 2.24) is 0 Å². The Morgan fingerprint density at radius 1 is 1.16 bits per heavy atom. The van der Waals surface area contributed by atoms with E-state index in [0.29, 0.717) is 10.6 Å². The molecule has 0 fully saturated rings. The van der Waals surface area contributed by atoms with Crippen LogP contribution in [0, 0.1) is 0 Å². The van der Waals surface area contributed by atoms with Gasteiger partial charge in [-0.2, -0.15) is 0 Å². The number of anilines is 1. The van der Waals surface area contributed by atoms with E-state index in [1.54, 1.807) is 6.07 Å². The first kappa shape index (κ1) is 14.0. The van der Waals surface area contributed by atoms with Gasteiger partial charge in [0.25, 0.3) is 0 Å². The Morgan fingerprint density at radius 2 is 1.89 bits per heavy atom.